The van der Waals surface area contributed by atoms with Crippen LogP contribution in [0.2, 0.25) is 0 Å². The molecule has 0 spiro atoms. The van der Waals surface area contributed by atoms with Gasteiger partial charge in [-0.05, 0) is 41.8 Å². The van der Waals surface area contributed by atoms with E-state index < -0.39 is 15.9 Å². The van der Waals surface area contributed by atoms with E-state index in [-0.39, 0.29) is 40.1 Å². The number of rotatable bonds is 6. The lowest BCUT2D eigenvalue weighted by atomic mass is 9.87. The second-order valence-corrected chi connectivity index (χ2v) is 9.56. The van der Waals surface area contributed by atoms with Gasteiger partial charge in [0, 0.05) is 5.69 Å². The third kappa shape index (κ3) is 5.95. The summed E-state index contributed by atoms with van der Waals surface area (Å²) >= 11 is 0. The maximum Gasteiger partial charge on any atom is 0.241 e. The zero-order chi connectivity index (χ0) is 20.2. The minimum atomic E-state index is -3.39. The number of halogens is 1. The summed E-state index contributed by atoms with van der Waals surface area (Å²) < 4.78 is 30.1. The van der Waals surface area contributed by atoms with E-state index in [9.17, 15) is 13.2 Å². The van der Waals surface area contributed by atoms with Gasteiger partial charge in [0.25, 0.3) is 0 Å². The van der Waals surface area contributed by atoms with Gasteiger partial charge < -0.3 is 15.8 Å². The number of carbonyl (C=O) groups excluding carboxylic acids is 1. The van der Waals surface area contributed by atoms with Crippen LogP contribution in [0.3, 0.4) is 0 Å². The molecule has 2 rings (SSSR count). The summed E-state index contributed by atoms with van der Waals surface area (Å²) in [6.07, 6.45) is 0. The molecule has 0 aliphatic rings. The molecule has 1 atom stereocenters. The van der Waals surface area contributed by atoms with E-state index in [0.29, 0.717) is 11.4 Å². The topological polar surface area (TPSA) is 98.5 Å². The molecule has 6 nitrogen and oxygen atoms in total. The van der Waals surface area contributed by atoms with Crippen molar-refractivity contribution in [3.63, 3.8) is 0 Å². The first-order valence-corrected chi connectivity index (χ1v) is 10.4. The van der Waals surface area contributed by atoms with E-state index in [1.165, 1.54) is 6.07 Å². The quantitative estimate of drug-likeness (QED) is 0.727. The molecule has 0 heterocycles. The van der Waals surface area contributed by atoms with Crippen LogP contribution in [0.1, 0.15) is 27.7 Å². The fraction of sp³-hybridized carbons (Fsp3) is 0.350. The second kappa shape index (κ2) is 9.41. The van der Waals surface area contributed by atoms with E-state index in [1.807, 2.05) is 20.8 Å². The van der Waals surface area contributed by atoms with Gasteiger partial charge in [0.1, 0.15) is 16.4 Å². The molecular formula is C20H27ClN2O4S. The molecule has 1 amide bonds. The maximum absolute atomic E-state index is 12.2. The summed E-state index contributed by atoms with van der Waals surface area (Å²) in [6.45, 7) is 7.29. The Hall–Kier alpha value is -2.09. The van der Waals surface area contributed by atoms with Crippen molar-refractivity contribution < 1.29 is 17.9 Å². The van der Waals surface area contributed by atoms with Crippen LogP contribution in [-0.4, -0.2) is 26.1 Å². The second-order valence-electron chi connectivity index (χ2n) is 7.31. The first kappa shape index (κ1) is 23.9. The van der Waals surface area contributed by atoms with E-state index in [1.54, 1.807) is 49.4 Å². The Bertz CT molecular complexity index is 907. The predicted octanol–water partition coefficient (Wildman–Crippen LogP) is 4.01. The largest absolute Gasteiger partial charge is 0.456 e. The third-order valence-electron chi connectivity index (χ3n) is 4.13. The van der Waals surface area contributed by atoms with Crippen molar-refractivity contribution in [1.82, 2.24) is 0 Å². The Morgan fingerprint density at radius 3 is 2.21 bits per heavy atom. The molecular weight excluding hydrogens is 400 g/mol. The van der Waals surface area contributed by atoms with Gasteiger partial charge in [-0.15, -0.1) is 12.4 Å². The van der Waals surface area contributed by atoms with Crippen molar-refractivity contribution in [2.24, 2.45) is 11.1 Å². The van der Waals surface area contributed by atoms with Gasteiger partial charge in [-0.1, -0.05) is 39.8 Å². The number of carbonyl (C=O) groups is 1. The molecule has 0 bridgehead atoms. The molecule has 3 N–H and O–H groups in total. The van der Waals surface area contributed by atoms with E-state index in [2.05, 4.69) is 5.32 Å². The third-order valence-corrected chi connectivity index (χ3v) is 5.90. The molecule has 0 fully saturated rings. The van der Waals surface area contributed by atoms with Crippen LogP contribution in [-0.2, 0) is 14.6 Å². The number of anilines is 1. The lowest BCUT2D eigenvalue weighted by Crippen LogP contribution is -2.45. The standard InChI is InChI=1S/C20H26N2O4S.ClH/c1-5-27(24,25)17-9-7-6-8-16(17)26-15-12-10-14(11-13-15)22-19(23)18(21)20(2,3)4;/h6-13,18H,5,21H2,1-4H3,(H,22,23);1H/t18-;/m1./s1. The highest BCUT2D eigenvalue weighted by atomic mass is 35.5. The van der Waals surface area contributed by atoms with E-state index in [4.69, 9.17) is 10.5 Å². The van der Waals surface area contributed by atoms with Crippen molar-refractivity contribution in [2.75, 3.05) is 11.1 Å². The normalized spacial score (nSPS) is 12.6. The zero-order valence-electron chi connectivity index (χ0n) is 16.4. The molecule has 2 aromatic carbocycles. The van der Waals surface area contributed by atoms with Gasteiger partial charge >= 0.3 is 0 Å². The highest BCUT2D eigenvalue weighted by Crippen LogP contribution is 2.30. The number of para-hydroxylation sites is 1. The van der Waals surface area contributed by atoms with Crippen LogP contribution in [0.4, 0.5) is 5.69 Å². The van der Waals surface area contributed by atoms with Crippen LogP contribution in [0, 0.1) is 5.41 Å². The average Bonchev–Trinajstić information content (AvgIpc) is 2.62. The first-order chi connectivity index (χ1) is 12.5. The number of hydrogen-bond donors (Lipinski definition) is 2. The minimum Gasteiger partial charge on any atom is -0.456 e. The SMILES string of the molecule is CCS(=O)(=O)c1ccccc1Oc1ccc(NC(=O)[C@@H](N)C(C)(C)C)cc1.Cl. The number of nitrogens with two attached hydrogens (primary N) is 1. The van der Waals surface area contributed by atoms with Crippen LogP contribution in [0.25, 0.3) is 0 Å². The van der Waals surface area contributed by atoms with Gasteiger partial charge in [0.05, 0.1) is 11.8 Å². The highest BCUT2D eigenvalue weighted by Gasteiger charge is 2.27. The molecule has 0 aliphatic heterocycles. The zero-order valence-corrected chi connectivity index (χ0v) is 18.1. The number of nitrogens with one attached hydrogen (secondary N) is 1. The van der Waals surface area contributed by atoms with E-state index >= 15 is 0 Å². The first-order valence-electron chi connectivity index (χ1n) is 8.71. The van der Waals surface area contributed by atoms with Crippen molar-refractivity contribution in [1.29, 1.82) is 0 Å². The summed E-state index contributed by atoms with van der Waals surface area (Å²) in [5.41, 5.74) is 6.19. The van der Waals surface area contributed by atoms with Crippen LogP contribution < -0.4 is 15.8 Å². The summed E-state index contributed by atoms with van der Waals surface area (Å²) in [7, 11) is -3.39. The van der Waals surface area contributed by atoms with Gasteiger partial charge in [0.15, 0.2) is 9.84 Å². The predicted molar refractivity (Wildman–Crippen MR) is 114 cm³/mol. The van der Waals surface area contributed by atoms with Gasteiger partial charge in [0.2, 0.25) is 5.91 Å². The molecule has 0 saturated heterocycles. The lowest BCUT2D eigenvalue weighted by molar-refractivity contribution is -0.119. The number of hydrogen-bond acceptors (Lipinski definition) is 5. The Balaban J connectivity index is 0.00000392. The molecule has 2 aromatic rings. The molecule has 0 aromatic heterocycles. The minimum absolute atomic E-state index is 0. The molecule has 0 aliphatic carbocycles. The molecule has 0 radical (unpaired) electrons. The van der Waals surface area contributed by atoms with Crippen molar-refractivity contribution in [3.05, 3.63) is 48.5 Å². The summed E-state index contributed by atoms with van der Waals surface area (Å²) in [4.78, 5) is 12.3. The summed E-state index contributed by atoms with van der Waals surface area (Å²) in [6, 6.07) is 12.6. The Morgan fingerprint density at radius 1 is 1.11 bits per heavy atom. The Morgan fingerprint density at radius 2 is 1.68 bits per heavy atom. The lowest BCUT2D eigenvalue weighted by Gasteiger charge is -2.25. The Kier molecular flexibility index (Phi) is 8.05. The molecule has 0 saturated carbocycles. The average molecular weight is 427 g/mol. The monoisotopic (exact) mass is 426 g/mol. The van der Waals surface area contributed by atoms with Crippen molar-refractivity contribution >= 4 is 33.8 Å². The fourth-order valence-corrected chi connectivity index (χ4v) is 3.31. The highest BCUT2D eigenvalue weighted by molar-refractivity contribution is 7.91. The smallest absolute Gasteiger partial charge is 0.241 e. The maximum atomic E-state index is 12.2. The fourth-order valence-electron chi connectivity index (χ4n) is 2.29. The summed E-state index contributed by atoms with van der Waals surface area (Å²) in [5, 5.41) is 2.77. The number of amides is 1. The van der Waals surface area contributed by atoms with Crippen molar-refractivity contribution in [3.8, 4) is 11.5 Å². The van der Waals surface area contributed by atoms with Gasteiger partial charge in [-0.25, -0.2) is 8.42 Å². The van der Waals surface area contributed by atoms with Crippen molar-refractivity contribution in [2.45, 2.75) is 38.6 Å². The molecule has 28 heavy (non-hydrogen) atoms. The molecule has 0 unspecified atom stereocenters. The Labute approximate surface area is 172 Å². The number of sulfone groups is 1. The van der Waals surface area contributed by atoms with E-state index in [0.717, 1.165) is 0 Å². The van der Waals surface area contributed by atoms with Gasteiger partial charge in [-0.2, -0.15) is 0 Å². The summed E-state index contributed by atoms with van der Waals surface area (Å²) in [5.74, 6) is 0.458. The van der Waals surface area contributed by atoms with Crippen LogP contribution >= 0.6 is 12.4 Å². The molecule has 154 valence electrons. The van der Waals surface area contributed by atoms with Gasteiger partial charge in [-0.3, -0.25) is 4.79 Å². The molecule has 8 heteroatoms. The van der Waals surface area contributed by atoms with Crippen LogP contribution in [0.15, 0.2) is 53.4 Å². The number of ether oxygens (including phenoxy) is 1. The number of benzene rings is 2. The van der Waals surface area contributed by atoms with Crippen LogP contribution in [0.5, 0.6) is 11.5 Å².